The van der Waals surface area contributed by atoms with Crippen LogP contribution in [0.5, 0.6) is 11.5 Å². The Bertz CT molecular complexity index is 1020. The maximum Gasteiger partial charge on any atom is 0.310 e. The van der Waals surface area contributed by atoms with E-state index in [1.165, 1.54) is 0 Å². The summed E-state index contributed by atoms with van der Waals surface area (Å²) in [6, 6.07) is 23.8. The first kappa shape index (κ1) is 20.7. The lowest BCUT2D eigenvalue weighted by molar-refractivity contribution is -0.148. The molecule has 1 atom stereocenters. The second-order valence-corrected chi connectivity index (χ2v) is 7.53. The van der Waals surface area contributed by atoms with Gasteiger partial charge in [-0.3, -0.25) is 9.59 Å². The van der Waals surface area contributed by atoms with Crippen molar-refractivity contribution in [2.75, 3.05) is 7.11 Å². The summed E-state index contributed by atoms with van der Waals surface area (Å²) in [6.07, 6.45) is 0.632. The average molecular weight is 416 g/mol. The van der Waals surface area contributed by atoms with Gasteiger partial charge in [-0.2, -0.15) is 0 Å². The SMILES string of the molecule is COc1ccc(C(=O)C(OC(=O)C2CC2)c2ccc(OCc3ccccc3)cc2)cc1. The highest BCUT2D eigenvalue weighted by atomic mass is 16.5. The van der Waals surface area contributed by atoms with Gasteiger partial charge >= 0.3 is 5.97 Å². The summed E-state index contributed by atoms with van der Waals surface area (Å²) in [4.78, 5) is 25.5. The van der Waals surface area contributed by atoms with Crippen LogP contribution in [-0.2, 0) is 16.1 Å². The van der Waals surface area contributed by atoms with E-state index in [1.807, 2.05) is 30.3 Å². The van der Waals surface area contributed by atoms with Crippen LogP contribution >= 0.6 is 0 Å². The molecule has 1 unspecified atom stereocenters. The molecule has 0 heterocycles. The highest BCUT2D eigenvalue weighted by Crippen LogP contribution is 2.34. The predicted octanol–water partition coefficient (Wildman–Crippen LogP) is 5.15. The normalized spacial score (nSPS) is 13.8. The zero-order chi connectivity index (χ0) is 21.6. The Morgan fingerprint density at radius 2 is 1.52 bits per heavy atom. The minimum absolute atomic E-state index is 0.0975. The van der Waals surface area contributed by atoms with E-state index in [9.17, 15) is 9.59 Å². The van der Waals surface area contributed by atoms with Gasteiger partial charge in [0.2, 0.25) is 5.78 Å². The minimum atomic E-state index is -0.996. The van der Waals surface area contributed by atoms with Crippen LogP contribution in [-0.4, -0.2) is 18.9 Å². The van der Waals surface area contributed by atoms with E-state index in [0.29, 0.717) is 29.2 Å². The van der Waals surface area contributed by atoms with E-state index in [4.69, 9.17) is 14.2 Å². The largest absolute Gasteiger partial charge is 0.497 e. The van der Waals surface area contributed by atoms with E-state index in [2.05, 4.69) is 0 Å². The number of Topliss-reactive ketones (excluding diaryl/α,β-unsaturated/α-hetero) is 1. The molecule has 1 saturated carbocycles. The van der Waals surface area contributed by atoms with Crippen molar-refractivity contribution in [3.63, 3.8) is 0 Å². The summed E-state index contributed by atoms with van der Waals surface area (Å²) < 4.78 is 16.6. The van der Waals surface area contributed by atoms with Gasteiger partial charge in [0, 0.05) is 11.1 Å². The maximum absolute atomic E-state index is 13.2. The van der Waals surface area contributed by atoms with E-state index in [0.717, 1.165) is 18.4 Å². The van der Waals surface area contributed by atoms with Gasteiger partial charge in [0.1, 0.15) is 18.1 Å². The molecule has 0 radical (unpaired) electrons. The third-order valence-electron chi connectivity index (χ3n) is 5.19. The Labute approximate surface area is 181 Å². The lowest BCUT2D eigenvalue weighted by Crippen LogP contribution is -2.21. The fourth-order valence-electron chi connectivity index (χ4n) is 3.19. The summed E-state index contributed by atoms with van der Waals surface area (Å²) in [5.41, 5.74) is 2.14. The smallest absolute Gasteiger partial charge is 0.310 e. The molecule has 1 aliphatic carbocycles. The summed E-state index contributed by atoms with van der Waals surface area (Å²) in [5, 5.41) is 0. The van der Waals surface area contributed by atoms with Crippen LogP contribution in [0.4, 0.5) is 0 Å². The molecule has 1 fully saturated rings. The van der Waals surface area contributed by atoms with Gasteiger partial charge in [0.25, 0.3) is 0 Å². The van der Waals surface area contributed by atoms with Gasteiger partial charge in [0.05, 0.1) is 13.0 Å². The monoisotopic (exact) mass is 416 g/mol. The van der Waals surface area contributed by atoms with Gasteiger partial charge in [-0.15, -0.1) is 0 Å². The van der Waals surface area contributed by atoms with Crippen molar-refractivity contribution in [3.8, 4) is 11.5 Å². The molecule has 0 N–H and O–H groups in total. The highest BCUT2D eigenvalue weighted by Gasteiger charge is 2.35. The van der Waals surface area contributed by atoms with Crippen LogP contribution < -0.4 is 9.47 Å². The molecule has 1 aliphatic rings. The third kappa shape index (κ3) is 5.31. The first-order valence-electron chi connectivity index (χ1n) is 10.3. The van der Waals surface area contributed by atoms with Crippen molar-refractivity contribution >= 4 is 11.8 Å². The topological polar surface area (TPSA) is 61.8 Å². The molecule has 158 valence electrons. The molecule has 0 amide bonds. The number of esters is 1. The highest BCUT2D eigenvalue weighted by molar-refractivity contribution is 6.01. The number of carbonyl (C=O) groups is 2. The Morgan fingerprint density at radius 3 is 2.13 bits per heavy atom. The van der Waals surface area contributed by atoms with Crippen LogP contribution in [0.2, 0.25) is 0 Å². The van der Waals surface area contributed by atoms with Gasteiger partial charge < -0.3 is 14.2 Å². The zero-order valence-electron chi connectivity index (χ0n) is 17.3. The van der Waals surface area contributed by atoms with Crippen molar-refractivity contribution < 1.29 is 23.8 Å². The molecule has 0 aliphatic heterocycles. The number of rotatable bonds is 9. The lowest BCUT2D eigenvalue weighted by Gasteiger charge is -2.18. The zero-order valence-corrected chi connectivity index (χ0v) is 17.3. The molecule has 0 aromatic heterocycles. The number of methoxy groups -OCH3 is 1. The molecule has 3 aromatic carbocycles. The third-order valence-corrected chi connectivity index (χ3v) is 5.19. The van der Waals surface area contributed by atoms with Gasteiger partial charge in [-0.25, -0.2) is 0 Å². The molecular formula is C26H24O5. The molecular weight excluding hydrogens is 392 g/mol. The van der Waals surface area contributed by atoms with E-state index < -0.39 is 6.10 Å². The minimum Gasteiger partial charge on any atom is -0.497 e. The predicted molar refractivity (Wildman–Crippen MR) is 116 cm³/mol. The lowest BCUT2D eigenvalue weighted by atomic mass is 9.99. The first-order valence-corrected chi connectivity index (χ1v) is 10.3. The van der Waals surface area contributed by atoms with E-state index in [-0.39, 0.29) is 17.7 Å². The number of benzene rings is 3. The van der Waals surface area contributed by atoms with Crippen molar-refractivity contribution in [2.45, 2.75) is 25.6 Å². The Hall–Kier alpha value is -3.60. The van der Waals surface area contributed by atoms with Gasteiger partial charge in [-0.05, 0) is 54.8 Å². The average Bonchev–Trinajstić information content (AvgIpc) is 3.68. The van der Waals surface area contributed by atoms with Crippen LogP contribution in [0, 0.1) is 5.92 Å². The first-order chi connectivity index (χ1) is 15.1. The summed E-state index contributed by atoms with van der Waals surface area (Å²) in [6.45, 7) is 0.449. The Balaban J connectivity index is 1.51. The number of carbonyl (C=O) groups excluding carboxylic acids is 2. The number of ether oxygens (including phenoxy) is 3. The standard InChI is InChI=1S/C26H24O5/c1-29-22-13-9-19(10-14-22)24(27)25(31-26(28)21-7-8-21)20-11-15-23(16-12-20)30-17-18-5-3-2-4-6-18/h2-6,9-16,21,25H,7-8,17H2,1H3. The summed E-state index contributed by atoms with van der Waals surface area (Å²) in [7, 11) is 1.57. The van der Waals surface area contributed by atoms with Crippen LogP contribution in [0.25, 0.3) is 0 Å². The number of hydrogen-bond acceptors (Lipinski definition) is 5. The van der Waals surface area contributed by atoms with Crippen molar-refractivity contribution in [3.05, 3.63) is 95.6 Å². The Kier molecular flexibility index (Phi) is 6.32. The molecule has 3 aromatic rings. The molecule has 0 saturated heterocycles. The number of ketones is 1. The fraction of sp³-hybridized carbons (Fsp3) is 0.231. The summed E-state index contributed by atoms with van der Waals surface area (Å²) in [5.74, 6) is 0.644. The maximum atomic E-state index is 13.2. The molecule has 0 bridgehead atoms. The van der Waals surface area contributed by atoms with Crippen LogP contribution in [0.15, 0.2) is 78.9 Å². The van der Waals surface area contributed by atoms with Crippen molar-refractivity contribution in [1.29, 1.82) is 0 Å². The molecule has 4 rings (SSSR count). The summed E-state index contributed by atoms with van der Waals surface area (Å²) >= 11 is 0. The van der Waals surface area contributed by atoms with Crippen LogP contribution in [0.3, 0.4) is 0 Å². The van der Waals surface area contributed by atoms with Gasteiger partial charge in [-0.1, -0.05) is 42.5 Å². The van der Waals surface area contributed by atoms with E-state index >= 15 is 0 Å². The van der Waals surface area contributed by atoms with Crippen LogP contribution in [0.1, 0.15) is 40.4 Å². The van der Waals surface area contributed by atoms with Crippen molar-refractivity contribution in [2.24, 2.45) is 5.92 Å². The quantitative estimate of drug-likeness (QED) is 0.357. The number of hydrogen-bond donors (Lipinski definition) is 0. The molecule has 5 nitrogen and oxygen atoms in total. The Morgan fingerprint density at radius 1 is 0.871 bits per heavy atom. The van der Waals surface area contributed by atoms with Gasteiger partial charge in [0.15, 0.2) is 6.10 Å². The van der Waals surface area contributed by atoms with E-state index in [1.54, 1.807) is 55.6 Å². The molecule has 31 heavy (non-hydrogen) atoms. The van der Waals surface area contributed by atoms with Crippen molar-refractivity contribution in [1.82, 2.24) is 0 Å². The second-order valence-electron chi connectivity index (χ2n) is 7.53. The molecule has 5 heteroatoms. The molecule has 0 spiro atoms. The fourth-order valence-corrected chi connectivity index (χ4v) is 3.19. The second kappa shape index (κ2) is 9.47.